The second kappa shape index (κ2) is 4.66. The fraction of sp³-hybridized carbons (Fsp3) is 0.429. The highest BCUT2D eigenvalue weighted by Gasteiger charge is 2.38. The summed E-state index contributed by atoms with van der Waals surface area (Å²) in [5, 5.41) is 7.16. The molecule has 0 aliphatic heterocycles. The molecule has 0 atom stereocenters. The summed E-state index contributed by atoms with van der Waals surface area (Å²) >= 11 is 0. The molecule has 100 valence electrons. The van der Waals surface area contributed by atoms with E-state index in [9.17, 15) is 0 Å². The molecular formula is C14H18N4O. The molecule has 0 bridgehead atoms. The first kappa shape index (κ1) is 12.2. The van der Waals surface area contributed by atoms with Gasteiger partial charge in [0.2, 0.25) is 0 Å². The van der Waals surface area contributed by atoms with Crippen LogP contribution in [0.5, 0.6) is 0 Å². The number of rotatable bonds is 4. The van der Waals surface area contributed by atoms with E-state index in [-0.39, 0.29) is 5.60 Å². The van der Waals surface area contributed by atoms with Gasteiger partial charge in [-0.2, -0.15) is 5.10 Å². The summed E-state index contributed by atoms with van der Waals surface area (Å²) in [5.41, 5.74) is 8.69. The summed E-state index contributed by atoms with van der Waals surface area (Å²) < 4.78 is 5.67. The van der Waals surface area contributed by atoms with Crippen LogP contribution in [0.25, 0.3) is 11.3 Å². The number of anilines is 1. The Morgan fingerprint density at radius 2 is 2.26 bits per heavy atom. The maximum atomic E-state index is 5.97. The average Bonchev–Trinajstić information content (AvgIpc) is 2.76. The Kier molecular flexibility index (Phi) is 2.98. The van der Waals surface area contributed by atoms with Crippen molar-refractivity contribution in [2.24, 2.45) is 0 Å². The van der Waals surface area contributed by atoms with Gasteiger partial charge in [0.1, 0.15) is 0 Å². The Balaban J connectivity index is 1.95. The highest BCUT2D eigenvalue weighted by molar-refractivity contribution is 5.73. The van der Waals surface area contributed by atoms with E-state index in [4.69, 9.17) is 10.5 Å². The van der Waals surface area contributed by atoms with E-state index in [1.165, 1.54) is 6.42 Å². The van der Waals surface area contributed by atoms with Crippen molar-refractivity contribution in [1.29, 1.82) is 0 Å². The number of aromatic nitrogens is 3. The van der Waals surface area contributed by atoms with E-state index in [0.717, 1.165) is 36.2 Å². The van der Waals surface area contributed by atoms with Gasteiger partial charge in [-0.05, 0) is 31.4 Å². The number of methoxy groups -OCH3 is 1. The molecular weight excluding hydrogens is 240 g/mol. The quantitative estimate of drug-likeness (QED) is 0.881. The van der Waals surface area contributed by atoms with Gasteiger partial charge in [0.05, 0.1) is 16.9 Å². The zero-order valence-corrected chi connectivity index (χ0v) is 11.0. The number of nitrogen functional groups attached to an aromatic ring is 1. The molecule has 5 nitrogen and oxygen atoms in total. The number of hydrogen-bond donors (Lipinski definition) is 2. The molecule has 1 saturated carbocycles. The normalized spacial score (nSPS) is 17.1. The smallest absolute Gasteiger partial charge is 0.154 e. The Hall–Kier alpha value is -1.88. The number of hydrogen-bond acceptors (Lipinski definition) is 4. The number of nitrogens with zero attached hydrogens (tertiary/aromatic N) is 2. The van der Waals surface area contributed by atoms with Crippen LogP contribution in [0.15, 0.2) is 24.4 Å². The fourth-order valence-corrected chi connectivity index (χ4v) is 2.66. The Bertz CT molecular complexity index is 555. The molecule has 0 spiro atoms. The van der Waals surface area contributed by atoms with Gasteiger partial charge < -0.3 is 10.5 Å². The van der Waals surface area contributed by atoms with E-state index in [2.05, 4.69) is 15.2 Å². The van der Waals surface area contributed by atoms with Gasteiger partial charge in [0, 0.05) is 25.4 Å². The lowest BCUT2D eigenvalue weighted by molar-refractivity contribution is -0.0713. The van der Waals surface area contributed by atoms with Crippen LogP contribution < -0.4 is 5.73 Å². The Morgan fingerprint density at radius 3 is 2.84 bits per heavy atom. The van der Waals surface area contributed by atoms with Crippen LogP contribution in [0.3, 0.4) is 0 Å². The van der Waals surface area contributed by atoms with E-state index < -0.39 is 0 Å². The summed E-state index contributed by atoms with van der Waals surface area (Å²) in [6.45, 7) is 0. The first-order valence-electron chi connectivity index (χ1n) is 6.53. The van der Waals surface area contributed by atoms with Crippen molar-refractivity contribution in [2.75, 3.05) is 12.8 Å². The van der Waals surface area contributed by atoms with E-state index in [1.54, 1.807) is 13.3 Å². The van der Waals surface area contributed by atoms with Crippen LogP contribution >= 0.6 is 0 Å². The number of nitrogens with one attached hydrogen (secondary N) is 1. The minimum Gasteiger partial charge on any atom is -0.382 e. The molecule has 0 amide bonds. The van der Waals surface area contributed by atoms with Gasteiger partial charge in [0.25, 0.3) is 0 Å². The van der Waals surface area contributed by atoms with Crippen LogP contribution in [0, 0.1) is 0 Å². The van der Waals surface area contributed by atoms with Crippen LogP contribution in [-0.4, -0.2) is 27.9 Å². The molecule has 3 N–H and O–H groups in total. The van der Waals surface area contributed by atoms with E-state index in [0.29, 0.717) is 5.82 Å². The van der Waals surface area contributed by atoms with Crippen molar-refractivity contribution in [3.05, 3.63) is 30.1 Å². The van der Waals surface area contributed by atoms with E-state index in [1.807, 2.05) is 18.2 Å². The molecule has 1 aliphatic carbocycles. The molecule has 0 saturated heterocycles. The zero-order chi connectivity index (χ0) is 13.3. The molecule has 0 radical (unpaired) electrons. The summed E-state index contributed by atoms with van der Waals surface area (Å²) in [6.07, 6.45) is 5.96. The summed E-state index contributed by atoms with van der Waals surface area (Å²) in [5.74, 6) is 0.499. The maximum absolute atomic E-state index is 5.97. The third kappa shape index (κ3) is 2.10. The fourth-order valence-electron chi connectivity index (χ4n) is 2.66. The molecule has 2 aromatic rings. The SMILES string of the molecule is COC1(Cc2[nH]nc(N)c2-c2ccccn2)CCC1. The molecule has 5 heteroatoms. The maximum Gasteiger partial charge on any atom is 0.154 e. The van der Waals surface area contributed by atoms with Crippen molar-refractivity contribution >= 4 is 5.82 Å². The highest BCUT2D eigenvalue weighted by atomic mass is 16.5. The lowest BCUT2D eigenvalue weighted by Gasteiger charge is -2.40. The third-order valence-electron chi connectivity index (χ3n) is 3.99. The van der Waals surface area contributed by atoms with Crippen molar-refractivity contribution in [3.63, 3.8) is 0 Å². The molecule has 2 heterocycles. The second-order valence-electron chi connectivity index (χ2n) is 5.09. The monoisotopic (exact) mass is 258 g/mol. The van der Waals surface area contributed by atoms with Gasteiger partial charge in [-0.15, -0.1) is 0 Å². The van der Waals surface area contributed by atoms with Crippen molar-refractivity contribution in [2.45, 2.75) is 31.3 Å². The number of H-pyrrole nitrogens is 1. The topological polar surface area (TPSA) is 76.8 Å². The first-order valence-corrected chi connectivity index (χ1v) is 6.53. The van der Waals surface area contributed by atoms with Crippen LogP contribution in [0.1, 0.15) is 25.0 Å². The van der Waals surface area contributed by atoms with Crippen LogP contribution in [-0.2, 0) is 11.2 Å². The lowest BCUT2D eigenvalue weighted by Crippen LogP contribution is -2.41. The van der Waals surface area contributed by atoms with Crippen molar-refractivity contribution in [3.8, 4) is 11.3 Å². The molecule has 1 aliphatic rings. The molecule has 3 rings (SSSR count). The highest BCUT2D eigenvalue weighted by Crippen LogP contribution is 2.40. The Labute approximate surface area is 112 Å². The van der Waals surface area contributed by atoms with Gasteiger partial charge >= 0.3 is 0 Å². The van der Waals surface area contributed by atoms with Gasteiger partial charge in [-0.3, -0.25) is 10.1 Å². The number of nitrogens with two attached hydrogens (primary N) is 1. The standard InChI is InChI=1S/C14H18N4O/c1-19-14(6-4-7-14)9-11-12(13(15)18-17-11)10-5-2-3-8-16-10/h2-3,5,8H,4,6-7,9H2,1H3,(H3,15,17,18). The molecule has 0 unspecified atom stereocenters. The predicted molar refractivity (Wildman–Crippen MR) is 73.5 cm³/mol. The molecule has 0 aromatic carbocycles. The number of aromatic amines is 1. The first-order chi connectivity index (χ1) is 9.24. The number of ether oxygens (including phenoxy) is 1. The van der Waals surface area contributed by atoms with Crippen LogP contribution in [0.2, 0.25) is 0 Å². The summed E-state index contributed by atoms with van der Waals surface area (Å²) in [7, 11) is 1.78. The molecule has 19 heavy (non-hydrogen) atoms. The average molecular weight is 258 g/mol. The second-order valence-corrected chi connectivity index (χ2v) is 5.09. The largest absolute Gasteiger partial charge is 0.382 e. The van der Waals surface area contributed by atoms with Gasteiger partial charge in [0.15, 0.2) is 5.82 Å². The van der Waals surface area contributed by atoms with Gasteiger partial charge in [-0.1, -0.05) is 6.07 Å². The zero-order valence-electron chi connectivity index (χ0n) is 11.0. The summed E-state index contributed by atoms with van der Waals surface area (Å²) in [6, 6.07) is 5.79. The van der Waals surface area contributed by atoms with Crippen molar-refractivity contribution < 1.29 is 4.74 Å². The van der Waals surface area contributed by atoms with Crippen molar-refractivity contribution in [1.82, 2.24) is 15.2 Å². The van der Waals surface area contributed by atoms with Crippen LogP contribution in [0.4, 0.5) is 5.82 Å². The Morgan fingerprint density at radius 1 is 1.42 bits per heavy atom. The molecule has 1 fully saturated rings. The van der Waals surface area contributed by atoms with E-state index >= 15 is 0 Å². The minimum atomic E-state index is -0.0531. The number of pyridine rings is 1. The molecule has 2 aromatic heterocycles. The lowest BCUT2D eigenvalue weighted by atomic mass is 9.76. The summed E-state index contributed by atoms with van der Waals surface area (Å²) in [4.78, 5) is 4.36. The van der Waals surface area contributed by atoms with Gasteiger partial charge in [-0.25, -0.2) is 0 Å². The minimum absolute atomic E-state index is 0.0531. The predicted octanol–water partition coefficient (Wildman–Crippen LogP) is 2.17. The third-order valence-corrected chi connectivity index (χ3v) is 3.99.